The second kappa shape index (κ2) is 11.8. The highest BCUT2D eigenvalue weighted by Gasteiger charge is 2.18. The Morgan fingerprint density at radius 1 is 1.07 bits per heavy atom. The average Bonchev–Trinajstić information content (AvgIpc) is 2.72. The molecule has 0 bridgehead atoms. The summed E-state index contributed by atoms with van der Waals surface area (Å²) in [5, 5.41) is 0. The van der Waals surface area contributed by atoms with Crippen molar-refractivity contribution in [3.63, 3.8) is 0 Å². The Bertz CT molecular complexity index is 738. The van der Waals surface area contributed by atoms with E-state index in [4.69, 9.17) is 38.4 Å². The van der Waals surface area contributed by atoms with Crippen LogP contribution in [-0.2, 0) is 22.6 Å². The van der Waals surface area contributed by atoms with Gasteiger partial charge in [-0.3, -0.25) is 4.79 Å². The molecular formula is C21H26Cl2N2O3. The number of rotatable bonds is 11. The Morgan fingerprint density at radius 3 is 2.36 bits per heavy atom. The summed E-state index contributed by atoms with van der Waals surface area (Å²) in [7, 11) is 1.62. The van der Waals surface area contributed by atoms with Crippen molar-refractivity contribution in [2.24, 2.45) is 5.73 Å². The first-order chi connectivity index (χ1) is 13.6. The summed E-state index contributed by atoms with van der Waals surface area (Å²) in [5.41, 5.74) is 8.78. The molecule has 0 amide bonds. The molecule has 1 atom stereocenters. The number of carbonyl (C=O) groups excluding carboxylic acids is 1. The van der Waals surface area contributed by atoms with E-state index in [-0.39, 0.29) is 6.61 Å². The first kappa shape index (κ1) is 22.3. The highest BCUT2D eigenvalue weighted by molar-refractivity contribution is 6.18. The van der Waals surface area contributed by atoms with Crippen LogP contribution in [0.25, 0.3) is 0 Å². The molecule has 0 fully saturated rings. The standard InChI is InChI=1S/C21H26Cl2N2O3/c1-27-20-8-7-17(14-19(20)25(11-9-22)12-10-23)13-18(24)21(26)28-15-16-5-3-2-4-6-16/h2-8,14,18H,9-13,15,24H2,1H3. The quantitative estimate of drug-likeness (QED) is 0.440. The third-order valence-electron chi connectivity index (χ3n) is 4.28. The number of esters is 1. The lowest BCUT2D eigenvalue weighted by Gasteiger charge is -2.25. The van der Waals surface area contributed by atoms with E-state index in [2.05, 4.69) is 4.90 Å². The molecule has 152 valence electrons. The molecule has 0 heterocycles. The number of nitrogens with zero attached hydrogens (tertiary/aromatic N) is 1. The molecule has 1 unspecified atom stereocenters. The van der Waals surface area contributed by atoms with Crippen LogP contribution in [0.3, 0.4) is 0 Å². The van der Waals surface area contributed by atoms with Gasteiger partial charge in [-0.15, -0.1) is 23.2 Å². The zero-order valence-corrected chi connectivity index (χ0v) is 17.5. The molecule has 0 radical (unpaired) electrons. The van der Waals surface area contributed by atoms with Gasteiger partial charge in [-0.1, -0.05) is 36.4 Å². The van der Waals surface area contributed by atoms with E-state index in [1.54, 1.807) is 7.11 Å². The van der Waals surface area contributed by atoms with E-state index in [1.807, 2.05) is 48.5 Å². The van der Waals surface area contributed by atoms with E-state index in [9.17, 15) is 4.79 Å². The second-order valence-electron chi connectivity index (χ2n) is 6.28. The van der Waals surface area contributed by atoms with E-state index in [0.717, 1.165) is 22.6 Å². The largest absolute Gasteiger partial charge is 0.495 e. The summed E-state index contributed by atoms with van der Waals surface area (Å²) in [4.78, 5) is 14.3. The number of halogens is 2. The Labute approximate surface area is 176 Å². The topological polar surface area (TPSA) is 64.8 Å². The highest BCUT2D eigenvalue weighted by atomic mass is 35.5. The SMILES string of the molecule is COc1ccc(CC(N)C(=O)OCc2ccccc2)cc1N(CCCl)CCCl. The predicted octanol–water partition coefficient (Wildman–Crippen LogP) is 3.59. The summed E-state index contributed by atoms with van der Waals surface area (Å²) in [5.74, 6) is 1.23. The summed E-state index contributed by atoms with van der Waals surface area (Å²) in [6.07, 6.45) is 0.361. The number of nitrogens with two attached hydrogens (primary N) is 1. The third-order valence-corrected chi connectivity index (χ3v) is 4.61. The van der Waals surface area contributed by atoms with Gasteiger partial charge in [0.15, 0.2) is 0 Å². The molecule has 0 aliphatic carbocycles. The normalized spacial score (nSPS) is 11.7. The van der Waals surface area contributed by atoms with Crippen molar-refractivity contribution >= 4 is 34.9 Å². The van der Waals surface area contributed by atoms with Crippen LogP contribution >= 0.6 is 23.2 Å². The number of anilines is 1. The fraction of sp³-hybridized carbons (Fsp3) is 0.381. The number of alkyl halides is 2. The third kappa shape index (κ3) is 6.59. The second-order valence-corrected chi connectivity index (χ2v) is 7.03. The van der Waals surface area contributed by atoms with E-state index in [1.165, 1.54) is 0 Å². The Hall–Kier alpha value is -1.95. The van der Waals surface area contributed by atoms with Crippen LogP contribution in [-0.4, -0.2) is 44.0 Å². The molecule has 5 nitrogen and oxygen atoms in total. The molecule has 0 aromatic heterocycles. The molecule has 0 aliphatic rings. The van der Waals surface area contributed by atoms with Gasteiger partial charge in [0.25, 0.3) is 0 Å². The lowest BCUT2D eigenvalue weighted by atomic mass is 10.0. The maximum atomic E-state index is 12.3. The molecule has 28 heavy (non-hydrogen) atoms. The first-order valence-corrected chi connectivity index (χ1v) is 10.2. The molecule has 0 saturated heterocycles. The molecule has 0 aliphatic heterocycles. The molecule has 2 aromatic rings. The van der Waals surface area contributed by atoms with Crippen LogP contribution in [0.2, 0.25) is 0 Å². The van der Waals surface area contributed by atoms with Gasteiger partial charge in [0.05, 0.1) is 12.8 Å². The van der Waals surface area contributed by atoms with Crippen LogP contribution in [0, 0.1) is 0 Å². The minimum atomic E-state index is -0.750. The van der Waals surface area contributed by atoms with Crippen LogP contribution in [0.1, 0.15) is 11.1 Å². The lowest BCUT2D eigenvalue weighted by Crippen LogP contribution is -2.34. The number of carbonyl (C=O) groups is 1. The maximum absolute atomic E-state index is 12.3. The fourth-order valence-corrected chi connectivity index (χ4v) is 3.25. The van der Waals surface area contributed by atoms with Crippen LogP contribution in [0.5, 0.6) is 5.75 Å². The lowest BCUT2D eigenvalue weighted by molar-refractivity contribution is -0.146. The molecule has 2 N–H and O–H groups in total. The van der Waals surface area contributed by atoms with E-state index in [0.29, 0.717) is 31.3 Å². The first-order valence-electron chi connectivity index (χ1n) is 9.09. The molecule has 7 heteroatoms. The van der Waals surface area contributed by atoms with Gasteiger partial charge in [0.1, 0.15) is 18.4 Å². The summed E-state index contributed by atoms with van der Waals surface area (Å²) >= 11 is 11.8. The van der Waals surface area contributed by atoms with Crippen LogP contribution in [0.4, 0.5) is 5.69 Å². The average molecular weight is 425 g/mol. The van der Waals surface area contributed by atoms with Gasteiger partial charge in [-0.25, -0.2) is 0 Å². The van der Waals surface area contributed by atoms with Crippen LogP contribution in [0.15, 0.2) is 48.5 Å². The summed E-state index contributed by atoms with van der Waals surface area (Å²) in [6.45, 7) is 1.49. The zero-order valence-electron chi connectivity index (χ0n) is 15.9. The number of hydrogen-bond acceptors (Lipinski definition) is 5. The van der Waals surface area contributed by atoms with Crippen molar-refractivity contribution in [2.45, 2.75) is 19.1 Å². The molecule has 0 saturated carbocycles. The van der Waals surface area contributed by atoms with Crippen molar-refractivity contribution < 1.29 is 14.3 Å². The zero-order chi connectivity index (χ0) is 20.4. The smallest absolute Gasteiger partial charge is 0.323 e. The van der Waals surface area contributed by atoms with Gasteiger partial charge in [0.2, 0.25) is 0 Å². The molecular weight excluding hydrogens is 399 g/mol. The Morgan fingerprint density at radius 2 is 1.75 bits per heavy atom. The summed E-state index contributed by atoms with van der Waals surface area (Å²) in [6, 6.07) is 14.5. The van der Waals surface area contributed by atoms with E-state index >= 15 is 0 Å². The summed E-state index contributed by atoms with van der Waals surface area (Å²) < 4.78 is 10.8. The van der Waals surface area contributed by atoms with Crippen molar-refractivity contribution in [1.29, 1.82) is 0 Å². The molecule has 2 rings (SSSR count). The molecule has 0 spiro atoms. The maximum Gasteiger partial charge on any atom is 0.323 e. The van der Waals surface area contributed by atoms with Gasteiger partial charge in [-0.05, 0) is 29.7 Å². The minimum absolute atomic E-state index is 0.209. The van der Waals surface area contributed by atoms with Crippen molar-refractivity contribution in [3.05, 3.63) is 59.7 Å². The van der Waals surface area contributed by atoms with Gasteiger partial charge >= 0.3 is 5.97 Å². The van der Waals surface area contributed by atoms with Gasteiger partial charge < -0.3 is 20.1 Å². The fourth-order valence-electron chi connectivity index (χ4n) is 2.84. The number of ether oxygens (including phenoxy) is 2. The van der Waals surface area contributed by atoms with Crippen molar-refractivity contribution in [1.82, 2.24) is 0 Å². The molecule has 2 aromatic carbocycles. The van der Waals surface area contributed by atoms with Crippen molar-refractivity contribution in [3.8, 4) is 5.75 Å². The Kier molecular flexibility index (Phi) is 9.41. The number of hydrogen-bond donors (Lipinski definition) is 1. The predicted molar refractivity (Wildman–Crippen MR) is 115 cm³/mol. The van der Waals surface area contributed by atoms with E-state index < -0.39 is 12.0 Å². The monoisotopic (exact) mass is 424 g/mol. The Balaban J connectivity index is 2.05. The number of benzene rings is 2. The highest BCUT2D eigenvalue weighted by Crippen LogP contribution is 2.30. The van der Waals surface area contributed by atoms with Crippen molar-refractivity contribution in [2.75, 3.05) is 36.9 Å². The minimum Gasteiger partial charge on any atom is -0.495 e. The van der Waals surface area contributed by atoms with Gasteiger partial charge in [-0.2, -0.15) is 0 Å². The number of methoxy groups -OCH3 is 1. The van der Waals surface area contributed by atoms with Gasteiger partial charge in [0, 0.05) is 24.8 Å². The van der Waals surface area contributed by atoms with Crippen LogP contribution < -0.4 is 15.4 Å².